The Hall–Kier alpha value is -1.59. The van der Waals surface area contributed by atoms with Crippen molar-refractivity contribution in [1.29, 1.82) is 0 Å². The number of hydrogen-bond acceptors (Lipinski definition) is 3. The third kappa shape index (κ3) is 8.18. The lowest BCUT2D eigenvalue weighted by Crippen LogP contribution is -2.43. The average molecular weight is 272 g/mol. The molecule has 2 amide bonds. The molecular weight excluding hydrogens is 248 g/mol. The Morgan fingerprint density at radius 3 is 2.16 bits per heavy atom. The Morgan fingerprint density at radius 2 is 1.68 bits per heavy atom. The normalized spacial score (nSPS) is 11.2. The molecule has 110 valence electrons. The minimum absolute atomic E-state index is 0.0308. The summed E-state index contributed by atoms with van der Waals surface area (Å²) in [5.74, 6) is -1.08. The highest BCUT2D eigenvalue weighted by molar-refractivity contribution is 5.85. The number of rotatable bonds is 8. The summed E-state index contributed by atoms with van der Waals surface area (Å²) in [6.07, 6.45) is 1.17. The van der Waals surface area contributed by atoms with E-state index in [9.17, 15) is 14.4 Å². The van der Waals surface area contributed by atoms with Crippen molar-refractivity contribution in [3.05, 3.63) is 0 Å². The first-order valence-corrected chi connectivity index (χ1v) is 6.42. The Labute approximate surface area is 113 Å². The smallest absolute Gasteiger partial charge is 0.310 e. The van der Waals surface area contributed by atoms with Crippen molar-refractivity contribution in [3.63, 3.8) is 0 Å². The molecule has 6 nitrogen and oxygen atoms in total. The number of carboxylic acid groups (broad SMARTS) is 1. The van der Waals surface area contributed by atoms with Crippen LogP contribution in [0.3, 0.4) is 0 Å². The zero-order chi connectivity index (χ0) is 15.1. The van der Waals surface area contributed by atoms with Crippen molar-refractivity contribution < 1.29 is 19.5 Å². The fourth-order valence-electron chi connectivity index (χ4n) is 1.14. The molecule has 6 heteroatoms. The monoisotopic (exact) mass is 272 g/mol. The van der Waals surface area contributed by atoms with Crippen molar-refractivity contribution in [2.45, 2.75) is 40.5 Å². The lowest BCUT2D eigenvalue weighted by Gasteiger charge is -2.19. The summed E-state index contributed by atoms with van der Waals surface area (Å²) >= 11 is 0. The largest absolute Gasteiger partial charge is 0.481 e. The summed E-state index contributed by atoms with van der Waals surface area (Å²) < 4.78 is 0. The molecule has 19 heavy (non-hydrogen) atoms. The number of carbonyl (C=O) groups is 3. The molecule has 0 aliphatic carbocycles. The lowest BCUT2D eigenvalue weighted by atomic mass is 9.94. The van der Waals surface area contributed by atoms with E-state index in [0.717, 1.165) is 6.42 Å². The molecule has 0 spiro atoms. The Bertz CT molecular complexity index is 338. The van der Waals surface area contributed by atoms with Gasteiger partial charge in [-0.05, 0) is 26.2 Å². The van der Waals surface area contributed by atoms with E-state index in [1.165, 1.54) is 13.8 Å². The summed E-state index contributed by atoms with van der Waals surface area (Å²) in [6, 6.07) is 0. The second-order valence-electron chi connectivity index (χ2n) is 5.68. The van der Waals surface area contributed by atoms with E-state index in [-0.39, 0.29) is 24.9 Å². The van der Waals surface area contributed by atoms with Crippen LogP contribution in [-0.4, -0.2) is 36.0 Å². The van der Waals surface area contributed by atoms with Gasteiger partial charge in [-0.1, -0.05) is 13.8 Å². The lowest BCUT2D eigenvalue weighted by molar-refractivity contribution is -0.146. The molecule has 0 heterocycles. The summed E-state index contributed by atoms with van der Waals surface area (Å²) in [5, 5.41) is 13.9. The van der Waals surface area contributed by atoms with Crippen LogP contribution in [0.4, 0.5) is 0 Å². The van der Waals surface area contributed by atoms with Crippen LogP contribution in [0.5, 0.6) is 0 Å². The Morgan fingerprint density at radius 1 is 1.11 bits per heavy atom. The van der Waals surface area contributed by atoms with Crippen molar-refractivity contribution in [2.75, 3.05) is 13.1 Å². The van der Waals surface area contributed by atoms with Crippen molar-refractivity contribution in [3.8, 4) is 0 Å². The van der Waals surface area contributed by atoms with E-state index in [4.69, 9.17) is 5.11 Å². The van der Waals surface area contributed by atoms with Crippen LogP contribution in [0.25, 0.3) is 0 Å². The molecule has 3 N–H and O–H groups in total. The molecule has 0 unspecified atom stereocenters. The first-order chi connectivity index (χ1) is 8.65. The first kappa shape index (κ1) is 17.4. The van der Waals surface area contributed by atoms with E-state index in [1.807, 2.05) is 13.8 Å². The zero-order valence-electron chi connectivity index (χ0n) is 12.1. The van der Waals surface area contributed by atoms with Crippen molar-refractivity contribution >= 4 is 17.8 Å². The van der Waals surface area contributed by atoms with Crippen LogP contribution in [-0.2, 0) is 14.4 Å². The highest BCUT2D eigenvalue weighted by Gasteiger charge is 2.27. The predicted molar refractivity (Wildman–Crippen MR) is 71.5 cm³/mol. The fourth-order valence-corrected chi connectivity index (χ4v) is 1.14. The van der Waals surface area contributed by atoms with Gasteiger partial charge in [0.15, 0.2) is 0 Å². The van der Waals surface area contributed by atoms with Gasteiger partial charge >= 0.3 is 5.97 Å². The highest BCUT2D eigenvalue weighted by Crippen LogP contribution is 2.12. The van der Waals surface area contributed by atoms with E-state index in [1.54, 1.807) is 0 Å². The van der Waals surface area contributed by atoms with Gasteiger partial charge in [-0.15, -0.1) is 0 Å². The van der Waals surface area contributed by atoms with Gasteiger partial charge in [0, 0.05) is 13.0 Å². The van der Waals surface area contributed by atoms with Gasteiger partial charge in [0.25, 0.3) is 0 Å². The van der Waals surface area contributed by atoms with Gasteiger partial charge in [-0.2, -0.15) is 0 Å². The fraction of sp³-hybridized carbons (Fsp3) is 0.769. The molecule has 0 aromatic rings. The van der Waals surface area contributed by atoms with Gasteiger partial charge in [-0.25, -0.2) is 0 Å². The van der Waals surface area contributed by atoms with Crippen LogP contribution in [0.2, 0.25) is 0 Å². The van der Waals surface area contributed by atoms with E-state index < -0.39 is 11.4 Å². The van der Waals surface area contributed by atoms with Crippen LogP contribution >= 0.6 is 0 Å². The van der Waals surface area contributed by atoms with Gasteiger partial charge in [0.1, 0.15) is 0 Å². The molecule has 0 saturated heterocycles. The topological polar surface area (TPSA) is 95.5 Å². The van der Waals surface area contributed by atoms with E-state index in [0.29, 0.717) is 12.3 Å². The number of hydrogen-bond donors (Lipinski definition) is 3. The molecule has 0 saturated carbocycles. The molecule has 0 fully saturated rings. The number of nitrogens with one attached hydrogen (secondary N) is 2. The summed E-state index contributed by atoms with van der Waals surface area (Å²) in [4.78, 5) is 33.6. The van der Waals surface area contributed by atoms with Crippen LogP contribution in [0, 0.1) is 11.3 Å². The quantitative estimate of drug-likeness (QED) is 0.608. The molecule has 0 aliphatic rings. The summed E-state index contributed by atoms with van der Waals surface area (Å²) in [7, 11) is 0. The number of amides is 2. The van der Waals surface area contributed by atoms with Crippen molar-refractivity contribution in [1.82, 2.24) is 10.6 Å². The van der Waals surface area contributed by atoms with Gasteiger partial charge in [0.05, 0.1) is 12.0 Å². The SMILES string of the molecule is CC(C)CCC(=O)NCC(=O)NCC(C)(C)C(=O)O. The molecule has 0 atom stereocenters. The third-order valence-corrected chi connectivity index (χ3v) is 2.70. The van der Waals surface area contributed by atoms with E-state index in [2.05, 4.69) is 10.6 Å². The first-order valence-electron chi connectivity index (χ1n) is 6.42. The average Bonchev–Trinajstić information content (AvgIpc) is 2.31. The van der Waals surface area contributed by atoms with Crippen LogP contribution < -0.4 is 10.6 Å². The maximum atomic E-state index is 11.4. The molecule has 0 aromatic heterocycles. The third-order valence-electron chi connectivity index (χ3n) is 2.70. The van der Waals surface area contributed by atoms with Gasteiger partial charge < -0.3 is 15.7 Å². The molecule has 0 radical (unpaired) electrons. The zero-order valence-corrected chi connectivity index (χ0v) is 12.1. The van der Waals surface area contributed by atoms with Crippen molar-refractivity contribution in [2.24, 2.45) is 11.3 Å². The number of carbonyl (C=O) groups excluding carboxylic acids is 2. The minimum atomic E-state index is -1.02. The Kier molecular flexibility index (Phi) is 7.11. The highest BCUT2D eigenvalue weighted by atomic mass is 16.4. The minimum Gasteiger partial charge on any atom is -0.481 e. The van der Waals surface area contributed by atoms with Crippen LogP contribution in [0.15, 0.2) is 0 Å². The molecule has 0 aliphatic heterocycles. The maximum Gasteiger partial charge on any atom is 0.310 e. The second kappa shape index (κ2) is 7.76. The summed E-state index contributed by atoms with van der Waals surface area (Å²) in [6.45, 7) is 7.01. The second-order valence-corrected chi connectivity index (χ2v) is 5.68. The molecule has 0 aromatic carbocycles. The standard InChI is InChI=1S/C13H24N2O4/c1-9(2)5-6-10(16)14-7-11(17)15-8-13(3,4)12(18)19/h9H,5-8H2,1-4H3,(H,14,16)(H,15,17)(H,18,19). The predicted octanol–water partition coefficient (Wildman–Crippen LogP) is 0.766. The van der Waals surface area contributed by atoms with Crippen LogP contribution in [0.1, 0.15) is 40.5 Å². The Balaban J connectivity index is 3.88. The number of carboxylic acids is 1. The maximum absolute atomic E-state index is 11.4. The molecule has 0 bridgehead atoms. The molecule has 0 rings (SSSR count). The summed E-state index contributed by atoms with van der Waals surface area (Å²) in [5.41, 5.74) is -1.02. The van der Waals surface area contributed by atoms with E-state index >= 15 is 0 Å². The number of aliphatic carboxylic acids is 1. The van der Waals surface area contributed by atoms with Gasteiger partial charge in [-0.3, -0.25) is 14.4 Å². The van der Waals surface area contributed by atoms with Gasteiger partial charge in [0.2, 0.25) is 11.8 Å². The molecular formula is C13H24N2O4.